The third kappa shape index (κ3) is 19.4. The van der Waals surface area contributed by atoms with Crippen molar-refractivity contribution in [1.29, 1.82) is 0 Å². The van der Waals surface area contributed by atoms with Crippen molar-refractivity contribution in [2.24, 2.45) is 16.7 Å². The molecule has 28 heteroatoms. The molecule has 560 valence electrons. The summed E-state index contributed by atoms with van der Waals surface area (Å²) in [6.45, 7) is 17.6. The molecule has 0 unspecified atom stereocenters. The van der Waals surface area contributed by atoms with Crippen molar-refractivity contribution in [1.82, 2.24) is 35.0 Å². The number of sulfonamides is 1. The number of nitrogens with one attached hydrogen (secondary N) is 4. The fourth-order valence-electron chi connectivity index (χ4n) is 14.1. The lowest BCUT2D eigenvalue weighted by molar-refractivity contribution is -0.145. The first-order valence-corrected chi connectivity index (χ1v) is 40.6. The summed E-state index contributed by atoms with van der Waals surface area (Å²) < 4.78 is 122. The number of aromatic nitrogens is 1. The van der Waals surface area contributed by atoms with E-state index in [0.717, 1.165) is 90.6 Å². The molecule has 0 radical (unpaired) electrons. The molecule has 1 saturated carbocycles. The molecule has 5 aliphatic rings. The fraction of sp³-hybridized carbons (Fsp3) is 0.487. The lowest BCUT2D eigenvalue weighted by Crippen LogP contribution is -2.59. The summed E-state index contributed by atoms with van der Waals surface area (Å²) in [6, 6.07) is 29.0. The third-order valence-corrected chi connectivity index (χ3v) is 25.7. The van der Waals surface area contributed by atoms with Gasteiger partial charge >= 0.3 is 5.51 Å². The second kappa shape index (κ2) is 32.5. The Morgan fingerprint density at radius 2 is 1.54 bits per heavy atom. The van der Waals surface area contributed by atoms with Crippen LogP contribution in [-0.2, 0) is 40.8 Å². The van der Waals surface area contributed by atoms with Gasteiger partial charge in [0.1, 0.15) is 22.7 Å². The maximum atomic E-state index is 14.8. The number of aliphatic hydroxyl groups is 1. The number of rotatable bonds is 27. The first kappa shape index (κ1) is 78.0. The quantitative estimate of drug-likeness (QED) is 0.0238. The summed E-state index contributed by atoms with van der Waals surface area (Å²) in [4.78, 5) is 66.8. The zero-order chi connectivity index (χ0) is 74.5. The number of alkyl halides is 4. The number of likely N-dealkylation sites (tertiary alicyclic amines) is 2. The molecule has 4 fully saturated rings. The van der Waals surface area contributed by atoms with Gasteiger partial charge < -0.3 is 40.5 Å². The molecular formula is C76H92ClF4N9O10S4. The van der Waals surface area contributed by atoms with Crippen molar-refractivity contribution in [3.8, 4) is 16.2 Å². The number of amides is 4. The summed E-state index contributed by atoms with van der Waals surface area (Å²) in [5.74, 6) is -1.98. The topological polar surface area (TPSA) is 240 Å². The number of carbonyl (C=O) groups is 4. The number of hydrogen-bond donors (Lipinski definition) is 5. The minimum Gasteiger partial charge on any atom is -0.493 e. The van der Waals surface area contributed by atoms with E-state index in [4.69, 9.17) is 16.3 Å². The second-order valence-electron chi connectivity index (χ2n) is 29.9. The van der Waals surface area contributed by atoms with E-state index in [9.17, 15) is 58.7 Å². The van der Waals surface area contributed by atoms with Gasteiger partial charge in [-0.15, -0.1) is 23.1 Å². The van der Waals surface area contributed by atoms with Crippen LogP contribution in [0.5, 0.6) is 5.75 Å². The van der Waals surface area contributed by atoms with Gasteiger partial charge in [-0.05, 0) is 184 Å². The smallest absolute Gasteiger partial charge is 0.493 e. The van der Waals surface area contributed by atoms with Crippen molar-refractivity contribution in [2.75, 3.05) is 81.5 Å². The summed E-state index contributed by atoms with van der Waals surface area (Å²) in [6.07, 6.45) is 4.78. The number of hydrogen-bond acceptors (Lipinski definition) is 17. The van der Waals surface area contributed by atoms with Crippen molar-refractivity contribution in [3.63, 3.8) is 0 Å². The van der Waals surface area contributed by atoms with E-state index in [1.807, 2.05) is 72.3 Å². The zero-order valence-electron chi connectivity index (χ0n) is 59.4. The Hall–Kier alpha value is -7.11. The number of piperidine rings is 1. The fourth-order valence-corrected chi connectivity index (χ4v) is 18.0. The first-order chi connectivity index (χ1) is 49.2. The zero-order valence-corrected chi connectivity index (χ0v) is 63.4. The van der Waals surface area contributed by atoms with E-state index >= 15 is 0 Å². The van der Waals surface area contributed by atoms with Crippen molar-refractivity contribution >= 4 is 95.1 Å². The van der Waals surface area contributed by atoms with E-state index in [1.165, 1.54) is 56.8 Å². The number of allylic oxidation sites excluding steroid dienone is 1. The van der Waals surface area contributed by atoms with Gasteiger partial charge in [-0.25, -0.2) is 30.9 Å². The van der Waals surface area contributed by atoms with E-state index in [-0.39, 0.29) is 55.0 Å². The highest BCUT2D eigenvalue weighted by atomic mass is 35.5. The average Bonchev–Trinajstić information content (AvgIpc) is 0.845. The third-order valence-electron chi connectivity index (χ3n) is 20.4. The van der Waals surface area contributed by atoms with Crippen LogP contribution < -0.4 is 30.3 Å². The van der Waals surface area contributed by atoms with Gasteiger partial charge in [0.25, 0.3) is 31.7 Å². The molecule has 11 rings (SSSR count). The Morgan fingerprint density at radius 1 is 0.846 bits per heavy atom. The minimum absolute atomic E-state index is 0.0163. The molecule has 3 saturated heterocycles. The number of halogens is 5. The number of aryl methyl sites for hydroxylation is 1. The van der Waals surface area contributed by atoms with Crippen molar-refractivity contribution in [3.05, 3.63) is 154 Å². The van der Waals surface area contributed by atoms with Crippen molar-refractivity contribution in [2.45, 2.75) is 162 Å². The molecule has 4 atom stereocenters. The molecule has 104 heavy (non-hydrogen) atoms. The number of thiazole rings is 1. The van der Waals surface area contributed by atoms with E-state index < -0.39 is 99.8 Å². The number of ether oxygens (including phenoxy) is 1. The molecule has 0 bridgehead atoms. The minimum atomic E-state index is -6.18. The maximum absolute atomic E-state index is 14.8. The predicted molar refractivity (Wildman–Crippen MR) is 399 cm³/mol. The van der Waals surface area contributed by atoms with E-state index in [0.29, 0.717) is 74.6 Å². The largest absolute Gasteiger partial charge is 0.501 e. The molecule has 0 spiro atoms. The number of piperazine rings is 1. The molecule has 6 aromatic rings. The Balaban J connectivity index is 0.702. The molecule has 4 heterocycles. The molecule has 1 aromatic heterocycles. The Bertz CT molecular complexity index is 4330. The monoisotopic (exact) mass is 1530 g/mol. The number of sulfone groups is 1. The van der Waals surface area contributed by atoms with E-state index in [2.05, 4.69) is 61.6 Å². The maximum Gasteiger partial charge on any atom is 0.501 e. The predicted octanol–water partition coefficient (Wildman–Crippen LogP) is 12.7. The van der Waals surface area contributed by atoms with Gasteiger partial charge in [0.2, 0.25) is 11.8 Å². The SMILES string of the molecule is Cc1ncsc1-c1ccc(CNC(=O)[C@@H]2C[C@@H](O)CN2C(=O)[C@@H](NC(=O)C2(F)CC2)C(C)(C)C)c(OCCC2CCN(CC[C@H](CSc3ccccc3)Nc3ccc(S(=O)(=O)NC(=O)c4ccc(N5CCN(CC6=C(c7ccc(Cl)cc7)CCC(C)(C)C6)CC5)cc4)cc3S(=O)(=O)C(F)(F)F)CC2)c1. The van der Waals surface area contributed by atoms with Crippen LogP contribution in [0.2, 0.25) is 5.02 Å². The number of carbonyl (C=O) groups excluding carboxylic acids is 4. The Labute approximate surface area is 620 Å². The van der Waals surface area contributed by atoms with Crippen LogP contribution in [-0.4, -0.2) is 172 Å². The summed E-state index contributed by atoms with van der Waals surface area (Å²) in [5.41, 5.74) is -0.0628. The summed E-state index contributed by atoms with van der Waals surface area (Å²) in [5, 5.41) is 20.1. The summed E-state index contributed by atoms with van der Waals surface area (Å²) >= 11 is 9.13. The molecule has 3 aliphatic heterocycles. The highest BCUT2D eigenvalue weighted by molar-refractivity contribution is 7.99. The molecular weight excluding hydrogens is 1440 g/mol. The number of thioether (sulfide) groups is 1. The van der Waals surface area contributed by atoms with Gasteiger partial charge in [0, 0.05) is 97.3 Å². The lowest BCUT2D eigenvalue weighted by atomic mass is 9.73. The molecule has 19 nitrogen and oxygen atoms in total. The highest BCUT2D eigenvalue weighted by Crippen LogP contribution is 2.45. The van der Waals surface area contributed by atoms with E-state index in [1.54, 1.807) is 38.4 Å². The standard InChI is InChI=1S/C76H92ClF4N9O10S4/c1-49-67(102-48-83-49)53-12-13-54(44-82-70(93)64-41-59(91)46-90(64)71(94)68(73(2,3)4)85-72(95)75(78)30-31-75)65(40-53)100-39-28-50-25-32-87(33-26-50)34-27-57(47-101-60-10-8-7-9-11-60)84-63-23-22-61(42-66(63)103(96,97)76(79,80)81)104(98,99)86-69(92)52-16-20-58(21-17-52)89-37-35-88(36-38-89)45-55-43-74(5,6)29-24-62(55)51-14-18-56(77)19-15-51/h7-23,40,42,48,50,57,59,64,68,84,91H,24-39,41,43-47H2,1-6H3,(H,82,93)(H,85,95)(H,86,92)/t57-,59-,64+,68-/m1/s1. The number of nitrogens with zero attached hydrogens (tertiary/aromatic N) is 5. The van der Waals surface area contributed by atoms with Crippen LogP contribution in [0.3, 0.4) is 0 Å². The van der Waals surface area contributed by atoms with Crippen LogP contribution >= 0.6 is 34.7 Å². The highest BCUT2D eigenvalue weighted by Gasteiger charge is 2.54. The number of aliphatic hydroxyl groups excluding tert-OH is 1. The van der Waals surface area contributed by atoms with Crippen LogP contribution in [0.25, 0.3) is 16.0 Å². The van der Waals surface area contributed by atoms with Crippen LogP contribution in [0, 0.1) is 23.7 Å². The molecule has 5 N–H and O–H groups in total. The number of anilines is 2. The number of β-amino-alcohol motifs (C(OH)–C–C–N with tert-alkyl or cyclic N) is 1. The summed E-state index contributed by atoms with van der Waals surface area (Å²) in [7, 11) is -11.1. The van der Waals surface area contributed by atoms with Crippen LogP contribution in [0.1, 0.15) is 126 Å². The van der Waals surface area contributed by atoms with Gasteiger partial charge in [0.05, 0.1) is 39.4 Å². The molecule has 2 aliphatic carbocycles. The van der Waals surface area contributed by atoms with Crippen LogP contribution in [0.4, 0.5) is 28.9 Å². The molecule has 4 amide bonds. The Kier molecular flexibility index (Phi) is 24.4. The normalized spacial score (nSPS) is 19.7. The Morgan fingerprint density at radius 3 is 2.19 bits per heavy atom. The van der Waals surface area contributed by atoms with Gasteiger partial charge in [-0.3, -0.25) is 24.1 Å². The molecule has 5 aromatic carbocycles. The van der Waals surface area contributed by atoms with Gasteiger partial charge in [0.15, 0.2) is 5.67 Å². The average molecular weight is 1530 g/mol. The van der Waals surface area contributed by atoms with Gasteiger partial charge in [-0.1, -0.05) is 94.3 Å². The van der Waals surface area contributed by atoms with Crippen LogP contribution in [0.15, 0.2) is 141 Å². The second-order valence-corrected chi connectivity index (χ2v) is 35.9. The lowest BCUT2D eigenvalue weighted by Gasteiger charge is -2.39. The number of benzene rings is 5. The van der Waals surface area contributed by atoms with Crippen molar-refractivity contribution < 1.29 is 63.4 Å². The van der Waals surface area contributed by atoms with Gasteiger partial charge in [-0.2, -0.15) is 13.2 Å². The first-order valence-electron chi connectivity index (χ1n) is 35.4.